The zero-order chi connectivity index (χ0) is 32.6. The molecule has 0 aliphatic heterocycles. The predicted octanol–water partition coefficient (Wildman–Crippen LogP) is 9.48. The number of ether oxygens (including phenoxy) is 2. The van der Waals surface area contributed by atoms with Crippen molar-refractivity contribution in [3.63, 3.8) is 0 Å². The van der Waals surface area contributed by atoms with E-state index in [0.29, 0.717) is 43.1 Å². The van der Waals surface area contributed by atoms with E-state index in [1.54, 1.807) is 20.1 Å². The monoisotopic (exact) mass is 619 g/mol. The quantitative estimate of drug-likeness (QED) is 0.0403. The number of hydrogen-bond acceptors (Lipinski definition) is 7. The molecule has 1 aliphatic rings. The van der Waals surface area contributed by atoms with Gasteiger partial charge in [0, 0.05) is 25.0 Å². The molecule has 44 heavy (non-hydrogen) atoms. The highest BCUT2D eigenvalue weighted by atomic mass is 19.1. The molecule has 0 bridgehead atoms. The first-order valence-corrected chi connectivity index (χ1v) is 17.0. The molecule has 0 spiro atoms. The van der Waals surface area contributed by atoms with Crippen LogP contribution in [0.5, 0.6) is 0 Å². The molecule has 1 rings (SSSR count). The largest absolute Gasteiger partial charge is 0.462 e. The number of halogens is 1. The number of carbonyl (C=O) groups is 3. The molecule has 0 aromatic rings. The number of allylic oxidation sites excluding steroid dienone is 2. The van der Waals surface area contributed by atoms with E-state index in [0.717, 1.165) is 69.8 Å². The Bertz CT molecular complexity index is 981. The zero-order valence-corrected chi connectivity index (χ0v) is 28.1. The standard InChI is InChI=1S/C35H58FN3O5/c1-6-9-23-31(36)38-34(33(27(4)5)37-25-7-2)39-35(42)44-29(8-3)26-43-32(41)24-18-16-14-12-10-11-13-15-17-22-30(40)28-20-19-21-28/h23,25,28-29H,6-22,24,26H2,1-5H3,(H,38,39,42)/b31-23+,37-25?. The topological polar surface area (TPSA) is 106 Å². The second-order valence-corrected chi connectivity index (χ2v) is 11.9. The maximum Gasteiger partial charge on any atom is 0.413 e. The lowest BCUT2D eigenvalue weighted by atomic mass is 9.80. The summed E-state index contributed by atoms with van der Waals surface area (Å²) in [6.07, 6.45) is 18.2. The highest BCUT2D eigenvalue weighted by Gasteiger charge is 2.24. The predicted molar refractivity (Wildman–Crippen MR) is 176 cm³/mol. The van der Waals surface area contributed by atoms with Crippen LogP contribution in [0.4, 0.5) is 9.18 Å². The van der Waals surface area contributed by atoms with Crippen LogP contribution >= 0.6 is 0 Å². The van der Waals surface area contributed by atoms with E-state index in [2.05, 4.69) is 15.3 Å². The number of hydrogen-bond donors (Lipinski definition) is 1. The van der Waals surface area contributed by atoms with Gasteiger partial charge in [0.1, 0.15) is 24.2 Å². The van der Waals surface area contributed by atoms with Gasteiger partial charge in [0.05, 0.1) is 0 Å². The summed E-state index contributed by atoms with van der Waals surface area (Å²) < 4.78 is 25.3. The van der Waals surface area contributed by atoms with Crippen LogP contribution in [0.2, 0.25) is 0 Å². The second-order valence-electron chi connectivity index (χ2n) is 11.9. The molecule has 0 heterocycles. The van der Waals surface area contributed by atoms with Gasteiger partial charge in [0.15, 0.2) is 5.84 Å². The van der Waals surface area contributed by atoms with Crippen molar-refractivity contribution in [1.82, 2.24) is 5.32 Å². The average Bonchev–Trinajstić information content (AvgIpc) is 2.95. The maximum atomic E-state index is 14.4. The highest BCUT2D eigenvalue weighted by molar-refractivity contribution is 6.07. The van der Waals surface area contributed by atoms with Crippen molar-refractivity contribution in [2.24, 2.45) is 15.9 Å². The minimum absolute atomic E-state index is 0.0351. The van der Waals surface area contributed by atoms with E-state index in [4.69, 9.17) is 9.47 Å². The van der Waals surface area contributed by atoms with Gasteiger partial charge in [-0.2, -0.15) is 4.39 Å². The van der Waals surface area contributed by atoms with Gasteiger partial charge in [-0.15, -0.1) is 0 Å². The van der Waals surface area contributed by atoms with Crippen LogP contribution < -0.4 is 5.32 Å². The second kappa shape index (κ2) is 24.5. The van der Waals surface area contributed by atoms with Crippen molar-refractivity contribution in [3.05, 3.63) is 23.3 Å². The molecular formula is C35H58FN3O5. The molecule has 0 aromatic carbocycles. The highest BCUT2D eigenvalue weighted by Crippen LogP contribution is 2.28. The number of aliphatic imine (C=N–C) groups is 2. The fourth-order valence-corrected chi connectivity index (χ4v) is 4.68. The van der Waals surface area contributed by atoms with Crippen molar-refractivity contribution in [2.75, 3.05) is 6.61 Å². The molecule has 1 fully saturated rings. The Morgan fingerprint density at radius 1 is 0.932 bits per heavy atom. The molecule has 8 nitrogen and oxygen atoms in total. The Morgan fingerprint density at radius 3 is 2.07 bits per heavy atom. The third-order valence-electron chi connectivity index (χ3n) is 7.67. The van der Waals surface area contributed by atoms with Crippen LogP contribution in [0.3, 0.4) is 0 Å². The van der Waals surface area contributed by atoms with E-state index in [1.165, 1.54) is 31.8 Å². The lowest BCUT2D eigenvalue weighted by molar-refractivity contribution is -0.146. The van der Waals surface area contributed by atoms with Crippen molar-refractivity contribution in [2.45, 2.75) is 156 Å². The maximum absolute atomic E-state index is 14.4. The van der Waals surface area contributed by atoms with Gasteiger partial charge in [-0.3, -0.25) is 19.9 Å². The first-order chi connectivity index (χ1) is 21.2. The smallest absolute Gasteiger partial charge is 0.413 e. The number of rotatable bonds is 23. The molecule has 250 valence electrons. The summed E-state index contributed by atoms with van der Waals surface area (Å²) in [6.45, 7) is 9.24. The van der Waals surface area contributed by atoms with Gasteiger partial charge < -0.3 is 9.47 Å². The Kier molecular flexibility index (Phi) is 21.8. The van der Waals surface area contributed by atoms with Crippen molar-refractivity contribution < 1.29 is 28.2 Å². The zero-order valence-electron chi connectivity index (χ0n) is 28.1. The van der Waals surface area contributed by atoms with E-state index in [-0.39, 0.29) is 18.4 Å². The van der Waals surface area contributed by atoms with Crippen LogP contribution in [-0.4, -0.2) is 42.6 Å². The first kappa shape index (κ1) is 39.2. The molecule has 1 N–H and O–H groups in total. The minimum atomic E-state index is -0.817. The summed E-state index contributed by atoms with van der Waals surface area (Å²) in [5, 5.41) is 2.53. The van der Waals surface area contributed by atoms with E-state index in [1.807, 2.05) is 20.8 Å². The fourth-order valence-electron chi connectivity index (χ4n) is 4.68. The Labute approximate surface area is 265 Å². The van der Waals surface area contributed by atoms with Crippen molar-refractivity contribution >= 4 is 29.9 Å². The van der Waals surface area contributed by atoms with Crippen LogP contribution in [0.1, 0.15) is 150 Å². The summed E-state index contributed by atoms with van der Waals surface area (Å²) in [5.41, 5.74) is 1.11. The van der Waals surface area contributed by atoms with E-state index >= 15 is 0 Å². The molecule has 0 aromatic heterocycles. The average molecular weight is 620 g/mol. The molecular weight excluding hydrogens is 561 g/mol. The lowest BCUT2D eigenvalue weighted by Gasteiger charge is -2.23. The van der Waals surface area contributed by atoms with Gasteiger partial charge >= 0.3 is 12.1 Å². The van der Waals surface area contributed by atoms with Gasteiger partial charge in [-0.25, -0.2) is 9.79 Å². The Hall–Kier alpha value is -2.84. The summed E-state index contributed by atoms with van der Waals surface area (Å²) >= 11 is 0. The van der Waals surface area contributed by atoms with Gasteiger partial charge in [0.25, 0.3) is 0 Å². The molecule has 1 aliphatic carbocycles. The number of unbranched alkanes of at least 4 members (excludes halogenated alkanes) is 9. The SMILES string of the molecule is CCC=NC(=C(C)C)/C(=N\C(F)=C\CCC)NC(=O)OC(CC)COC(=O)CCCCCCCCCCCC(=O)C1CCC1. The molecule has 1 atom stereocenters. The number of carbonyl (C=O) groups excluding carboxylic acids is 3. The van der Waals surface area contributed by atoms with Crippen LogP contribution in [0, 0.1) is 5.92 Å². The molecule has 0 saturated heterocycles. The van der Waals surface area contributed by atoms with Gasteiger partial charge in [-0.05, 0) is 70.4 Å². The number of alkyl carbamates (subject to hydrolysis) is 1. The number of amides is 1. The molecule has 1 unspecified atom stereocenters. The van der Waals surface area contributed by atoms with Crippen molar-refractivity contribution in [3.8, 4) is 0 Å². The van der Waals surface area contributed by atoms with Gasteiger partial charge in [0.2, 0.25) is 5.95 Å². The Morgan fingerprint density at radius 2 is 1.55 bits per heavy atom. The summed E-state index contributed by atoms with van der Waals surface area (Å²) in [5.74, 6) is -0.204. The summed E-state index contributed by atoms with van der Waals surface area (Å²) in [6, 6.07) is 0. The number of Topliss-reactive ketones (excluding diaryl/α,β-unsaturated/α-hetero) is 1. The van der Waals surface area contributed by atoms with Gasteiger partial charge in [-0.1, -0.05) is 78.6 Å². The van der Waals surface area contributed by atoms with E-state index < -0.39 is 18.1 Å². The molecule has 9 heteroatoms. The number of nitrogens with one attached hydrogen (secondary N) is 1. The third-order valence-corrected chi connectivity index (χ3v) is 7.67. The first-order valence-electron chi connectivity index (χ1n) is 17.0. The fraction of sp³-hybridized carbons (Fsp3) is 0.743. The number of amidine groups is 1. The molecule has 1 saturated carbocycles. The Balaban J connectivity index is 2.33. The molecule has 1 amide bonds. The van der Waals surface area contributed by atoms with Crippen LogP contribution in [0.25, 0.3) is 0 Å². The summed E-state index contributed by atoms with van der Waals surface area (Å²) in [7, 11) is 0. The number of nitrogens with zero attached hydrogens (tertiary/aromatic N) is 2. The lowest BCUT2D eigenvalue weighted by Crippen LogP contribution is -2.36. The van der Waals surface area contributed by atoms with E-state index in [9.17, 15) is 18.8 Å². The molecule has 0 radical (unpaired) electrons. The summed E-state index contributed by atoms with van der Waals surface area (Å²) in [4.78, 5) is 45.2. The van der Waals surface area contributed by atoms with Crippen LogP contribution in [0.15, 0.2) is 33.3 Å². The van der Waals surface area contributed by atoms with Crippen molar-refractivity contribution in [1.29, 1.82) is 0 Å². The number of ketones is 1. The number of esters is 1. The third kappa shape index (κ3) is 18.1. The van der Waals surface area contributed by atoms with Crippen LogP contribution in [-0.2, 0) is 19.1 Å². The minimum Gasteiger partial charge on any atom is -0.462 e. The normalized spacial score (nSPS) is 14.7.